The van der Waals surface area contributed by atoms with Crippen molar-refractivity contribution in [2.75, 3.05) is 18.6 Å². The molecule has 0 aliphatic carbocycles. The van der Waals surface area contributed by atoms with Crippen LogP contribution in [-0.2, 0) is 0 Å². The molecular weight excluding hydrogens is 456 g/mol. The monoisotopic (exact) mass is 482 g/mol. The molecule has 1 aliphatic rings. The second-order valence-electron chi connectivity index (χ2n) is 9.04. The van der Waals surface area contributed by atoms with Gasteiger partial charge >= 0.3 is 0 Å². The van der Waals surface area contributed by atoms with E-state index >= 15 is 0 Å². The van der Waals surface area contributed by atoms with E-state index < -0.39 is 0 Å². The number of rotatable bonds is 6. The van der Waals surface area contributed by atoms with Gasteiger partial charge in [0.2, 0.25) is 0 Å². The summed E-state index contributed by atoms with van der Waals surface area (Å²) in [6.45, 7) is 0.827. The zero-order valence-electron chi connectivity index (χ0n) is 20.5. The number of nitrogens with zero attached hydrogens (tertiary/aromatic N) is 4. The van der Waals surface area contributed by atoms with Gasteiger partial charge in [0.15, 0.2) is 0 Å². The molecule has 0 unspecified atom stereocenters. The van der Waals surface area contributed by atoms with Crippen LogP contribution in [0.1, 0.15) is 0 Å². The molecule has 0 bridgehead atoms. The van der Waals surface area contributed by atoms with Crippen molar-refractivity contribution in [2.24, 2.45) is 0 Å². The van der Waals surface area contributed by atoms with Crippen molar-refractivity contribution < 1.29 is 4.74 Å². The lowest BCUT2D eigenvalue weighted by molar-refractivity contribution is 0.481. The van der Waals surface area contributed by atoms with Gasteiger partial charge in [0.05, 0.1) is 12.4 Å². The Morgan fingerprint density at radius 3 is 2.05 bits per heavy atom. The highest BCUT2D eigenvalue weighted by Crippen LogP contribution is 2.31. The van der Waals surface area contributed by atoms with Gasteiger partial charge < -0.3 is 14.5 Å². The summed E-state index contributed by atoms with van der Waals surface area (Å²) in [5.41, 5.74) is 7.60. The molecule has 37 heavy (non-hydrogen) atoms. The molecule has 0 spiro atoms. The number of anilines is 1. The summed E-state index contributed by atoms with van der Waals surface area (Å²) in [5, 5.41) is 0. The van der Waals surface area contributed by atoms with Gasteiger partial charge in [-0.15, -0.1) is 0 Å². The van der Waals surface area contributed by atoms with Crippen LogP contribution >= 0.6 is 0 Å². The molecule has 3 heterocycles. The fourth-order valence-corrected chi connectivity index (χ4v) is 4.44. The zero-order chi connectivity index (χ0) is 25.0. The molecule has 2 aromatic heterocycles. The van der Waals surface area contributed by atoms with Crippen LogP contribution in [0.25, 0.3) is 33.5 Å². The molecule has 0 saturated carbocycles. The Bertz CT molecular complexity index is 1550. The zero-order valence-corrected chi connectivity index (χ0v) is 20.5. The molecule has 0 radical (unpaired) electrons. The highest BCUT2D eigenvalue weighted by molar-refractivity contribution is 5.73. The van der Waals surface area contributed by atoms with Crippen molar-refractivity contribution in [1.29, 1.82) is 0 Å². The molecule has 5 aromatic rings. The minimum absolute atomic E-state index is 0.776. The van der Waals surface area contributed by atoms with Gasteiger partial charge in [-0.1, -0.05) is 42.5 Å². The quantitative estimate of drug-likeness (QED) is 0.251. The summed E-state index contributed by atoms with van der Waals surface area (Å²) in [6.07, 6.45) is 9.63. The summed E-state index contributed by atoms with van der Waals surface area (Å²) >= 11 is 0. The Kier molecular flexibility index (Phi) is 6.09. The third kappa shape index (κ3) is 5.07. The molecule has 0 amide bonds. The molecule has 180 valence electrons. The standard InChI is InChI=1S/C32H26N4O/c1-35-18-19-36(23-35)29-5-3-7-31(22-29)37-30-6-2-4-28(20-30)32-21-27(14-17-34-32)25-10-8-24(9-11-25)26-12-15-33-16-13-26/h2-22H,23H2,1H3. The number of hydrogen-bond donors (Lipinski definition) is 0. The summed E-state index contributed by atoms with van der Waals surface area (Å²) in [7, 11) is 2.06. The van der Waals surface area contributed by atoms with Crippen LogP contribution in [0.3, 0.4) is 0 Å². The van der Waals surface area contributed by atoms with Crippen LogP contribution in [0.5, 0.6) is 11.5 Å². The van der Waals surface area contributed by atoms with Gasteiger partial charge in [-0.25, -0.2) is 0 Å². The molecular formula is C32H26N4O. The van der Waals surface area contributed by atoms with Crippen LogP contribution in [0, 0.1) is 0 Å². The first kappa shape index (κ1) is 22.6. The third-order valence-electron chi connectivity index (χ3n) is 6.38. The molecule has 0 atom stereocenters. The first-order valence-electron chi connectivity index (χ1n) is 12.2. The number of pyridine rings is 2. The predicted octanol–water partition coefficient (Wildman–Crippen LogP) is 7.45. The highest BCUT2D eigenvalue weighted by atomic mass is 16.5. The first-order valence-corrected chi connectivity index (χ1v) is 12.2. The number of benzene rings is 3. The Hall–Kier alpha value is -4.90. The Morgan fingerprint density at radius 1 is 0.622 bits per heavy atom. The van der Waals surface area contributed by atoms with Crippen molar-refractivity contribution in [3.05, 3.63) is 128 Å². The molecule has 0 saturated heterocycles. The van der Waals surface area contributed by atoms with E-state index in [1.165, 1.54) is 5.56 Å². The number of ether oxygens (including phenoxy) is 1. The highest BCUT2D eigenvalue weighted by Gasteiger charge is 2.12. The van der Waals surface area contributed by atoms with Crippen molar-refractivity contribution in [3.8, 4) is 45.0 Å². The normalized spacial score (nSPS) is 12.7. The van der Waals surface area contributed by atoms with Crippen molar-refractivity contribution in [1.82, 2.24) is 14.9 Å². The van der Waals surface area contributed by atoms with Crippen molar-refractivity contribution >= 4 is 5.69 Å². The molecule has 6 rings (SSSR count). The second kappa shape index (κ2) is 9.99. The first-order chi connectivity index (χ1) is 18.2. The van der Waals surface area contributed by atoms with Gasteiger partial charge in [0.25, 0.3) is 0 Å². The van der Waals surface area contributed by atoms with Crippen LogP contribution < -0.4 is 9.64 Å². The average molecular weight is 483 g/mol. The van der Waals surface area contributed by atoms with E-state index in [1.807, 2.05) is 67.1 Å². The van der Waals surface area contributed by atoms with Crippen LogP contribution in [0.4, 0.5) is 5.69 Å². The van der Waals surface area contributed by atoms with Gasteiger partial charge in [0.1, 0.15) is 11.5 Å². The average Bonchev–Trinajstić information content (AvgIpc) is 3.40. The van der Waals surface area contributed by atoms with E-state index in [0.717, 1.165) is 51.8 Å². The molecule has 5 heteroatoms. The Morgan fingerprint density at radius 2 is 1.30 bits per heavy atom. The lowest BCUT2D eigenvalue weighted by atomic mass is 10.00. The minimum atomic E-state index is 0.776. The van der Waals surface area contributed by atoms with Gasteiger partial charge in [0, 0.05) is 55.4 Å². The van der Waals surface area contributed by atoms with Crippen LogP contribution in [0.15, 0.2) is 128 Å². The summed E-state index contributed by atoms with van der Waals surface area (Å²) in [6, 6.07) is 33.0. The van der Waals surface area contributed by atoms with E-state index in [9.17, 15) is 0 Å². The summed E-state index contributed by atoms with van der Waals surface area (Å²) in [4.78, 5) is 13.1. The van der Waals surface area contributed by atoms with Crippen molar-refractivity contribution in [2.45, 2.75) is 0 Å². The fourth-order valence-electron chi connectivity index (χ4n) is 4.44. The third-order valence-corrected chi connectivity index (χ3v) is 6.38. The van der Waals surface area contributed by atoms with Crippen LogP contribution in [0.2, 0.25) is 0 Å². The molecule has 0 N–H and O–H groups in total. The molecule has 0 fully saturated rings. The number of aromatic nitrogens is 2. The Labute approximate surface area is 216 Å². The van der Waals surface area contributed by atoms with Crippen LogP contribution in [-0.4, -0.2) is 28.6 Å². The molecule has 3 aromatic carbocycles. The van der Waals surface area contributed by atoms with E-state index in [0.29, 0.717) is 0 Å². The molecule has 1 aliphatic heterocycles. The van der Waals surface area contributed by atoms with Gasteiger partial charge in [-0.2, -0.15) is 0 Å². The largest absolute Gasteiger partial charge is 0.457 e. The molecule has 5 nitrogen and oxygen atoms in total. The van der Waals surface area contributed by atoms with E-state index in [-0.39, 0.29) is 0 Å². The Balaban J connectivity index is 1.22. The van der Waals surface area contributed by atoms with Gasteiger partial charge in [-0.3, -0.25) is 9.97 Å². The van der Waals surface area contributed by atoms with Crippen molar-refractivity contribution in [3.63, 3.8) is 0 Å². The van der Waals surface area contributed by atoms with E-state index in [2.05, 4.69) is 87.7 Å². The smallest absolute Gasteiger partial charge is 0.129 e. The maximum absolute atomic E-state index is 6.24. The fraction of sp³-hybridized carbons (Fsp3) is 0.0625. The van der Waals surface area contributed by atoms with E-state index in [1.54, 1.807) is 0 Å². The minimum Gasteiger partial charge on any atom is -0.457 e. The summed E-state index contributed by atoms with van der Waals surface area (Å²) in [5.74, 6) is 1.58. The lowest BCUT2D eigenvalue weighted by Crippen LogP contribution is -2.21. The lowest BCUT2D eigenvalue weighted by Gasteiger charge is -2.19. The number of hydrogen-bond acceptors (Lipinski definition) is 5. The maximum atomic E-state index is 6.24. The second-order valence-corrected chi connectivity index (χ2v) is 9.04. The van der Waals surface area contributed by atoms with Gasteiger partial charge in [-0.05, 0) is 70.8 Å². The summed E-state index contributed by atoms with van der Waals surface area (Å²) < 4.78 is 6.24. The SMILES string of the molecule is CN1C=CN(c2cccc(Oc3cccc(-c4cc(-c5ccc(-c6ccncc6)cc5)ccn4)c3)c2)C1. The topological polar surface area (TPSA) is 41.5 Å². The van der Waals surface area contributed by atoms with E-state index in [4.69, 9.17) is 4.74 Å². The predicted molar refractivity (Wildman–Crippen MR) is 149 cm³/mol. The maximum Gasteiger partial charge on any atom is 0.129 e.